The smallest absolute Gasteiger partial charge is 0.326 e. The van der Waals surface area contributed by atoms with Gasteiger partial charge in [-0.3, -0.25) is 0 Å². The fourth-order valence-corrected chi connectivity index (χ4v) is 7.03. The van der Waals surface area contributed by atoms with E-state index in [4.69, 9.17) is 23.6 Å². The number of para-hydroxylation sites is 1. The number of aliphatic carboxylic acids is 1. The second-order valence-electron chi connectivity index (χ2n) is 13.1. The standard InChI is InChI=1S/C35H35F2N7O6/c1-19-35(17-47-18-35)48-11-10-43(19)24-12-21(20-8-9-38-27(13-20)42(2)3)15-39-33(24)49-22-14-25(34(45)46)44(16-22)32-29-28(40-31(41-32)30(36)37)23-6-4-5-7-26(23)50-29/h4-9,12-13,15,19,22,25,30H,10-11,14,16-18H2,1-3H3,(H,45,46)/t19-,22?,25-/m0/s1. The number of carbonyl (C=O) groups is 1. The topological polar surface area (TPSA) is 139 Å². The van der Waals surface area contributed by atoms with E-state index in [0.717, 1.165) is 22.6 Å². The van der Waals surface area contributed by atoms with Crippen molar-refractivity contribution >= 4 is 45.4 Å². The highest BCUT2D eigenvalue weighted by atomic mass is 19.3. The molecule has 3 atom stereocenters. The Kier molecular flexibility index (Phi) is 7.90. The van der Waals surface area contributed by atoms with Gasteiger partial charge in [0.05, 0.1) is 32.4 Å². The fraction of sp³-hybridized carbons (Fsp3) is 0.400. The monoisotopic (exact) mass is 687 g/mol. The SMILES string of the molecule is C[C@@H]1N(c2cc(-c3ccnc(N(C)C)c3)cnc2OC2C[C@@H](C(=O)O)N(c3nc(C(F)F)nc4c3oc3ccccc34)C2)CCOC12COC2. The lowest BCUT2D eigenvalue weighted by Gasteiger charge is -2.53. The number of morpholine rings is 1. The number of carboxylic acids is 1. The predicted octanol–water partition coefficient (Wildman–Crippen LogP) is 4.94. The molecule has 1 unspecified atom stereocenters. The number of fused-ring (bicyclic) bond motifs is 3. The van der Waals surface area contributed by atoms with Gasteiger partial charge >= 0.3 is 5.97 Å². The molecule has 13 nitrogen and oxygen atoms in total. The summed E-state index contributed by atoms with van der Waals surface area (Å²) in [5.41, 5.74) is 2.77. The van der Waals surface area contributed by atoms with E-state index in [1.54, 1.807) is 36.7 Å². The van der Waals surface area contributed by atoms with Crippen molar-refractivity contribution in [3.05, 3.63) is 60.7 Å². The third-order valence-corrected chi connectivity index (χ3v) is 9.83. The van der Waals surface area contributed by atoms with E-state index in [9.17, 15) is 18.7 Å². The molecule has 0 bridgehead atoms. The second kappa shape index (κ2) is 12.3. The van der Waals surface area contributed by atoms with Gasteiger partial charge in [-0.2, -0.15) is 0 Å². The lowest BCUT2D eigenvalue weighted by Crippen LogP contribution is -2.68. The van der Waals surface area contributed by atoms with Crippen LogP contribution in [0.1, 0.15) is 25.6 Å². The number of aromatic nitrogens is 4. The molecule has 0 saturated carbocycles. The Morgan fingerprint density at radius 2 is 1.92 bits per heavy atom. The number of ether oxygens (including phenoxy) is 3. The number of furan rings is 1. The van der Waals surface area contributed by atoms with Crippen molar-refractivity contribution in [2.75, 3.05) is 61.7 Å². The summed E-state index contributed by atoms with van der Waals surface area (Å²) in [6.07, 6.45) is -0.154. The van der Waals surface area contributed by atoms with E-state index >= 15 is 0 Å². The molecular weight excluding hydrogens is 652 g/mol. The Balaban J connectivity index is 1.17. The summed E-state index contributed by atoms with van der Waals surface area (Å²) in [4.78, 5) is 35.7. The van der Waals surface area contributed by atoms with Crippen LogP contribution in [0.15, 0.2) is 59.3 Å². The largest absolute Gasteiger partial charge is 0.480 e. The van der Waals surface area contributed by atoms with E-state index in [-0.39, 0.29) is 35.9 Å². The highest BCUT2D eigenvalue weighted by molar-refractivity contribution is 6.06. The van der Waals surface area contributed by atoms with Crippen molar-refractivity contribution in [2.45, 2.75) is 43.6 Å². The van der Waals surface area contributed by atoms with Crippen LogP contribution in [-0.4, -0.2) is 102 Å². The first-order chi connectivity index (χ1) is 24.1. The molecule has 0 amide bonds. The van der Waals surface area contributed by atoms with E-state index in [0.29, 0.717) is 43.2 Å². The molecule has 260 valence electrons. The molecule has 1 aromatic carbocycles. The maximum atomic E-state index is 14.1. The first-order valence-electron chi connectivity index (χ1n) is 16.4. The number of benzene rings is 1. The van der Waals surface area contributed by atoms with Crippen LogP contribution in [0, 0.1) is 0 Å². The number of hydrogen-bond donors (Lipinski definition) is 1. The van der Waals surface area contributed by atoms with Crippen molar-refractivity contribution in [2.24, 2.45) is 0 Å². The summed E-state index contributed by atoms with van der Waals surface area (Å²) in [6, 6.07) is 11.6. The van der Waals surface area contributed by atoms with Crippen LogP contribution in [0.3, 0.4) is 0 Å². The van der Waals surface area contributed by atoms with Crippen LogP contribution in [0.25, 0.3) is 33.2 Å². The third kappa shape index (κ3) is 5.40. The number of carboxylic acid groups (broad SMARTS) is 1. The molecule has 5 aromatic rings. The molecule has 3 fully saturated rings. The lowest BCUT2D eigenvalue weighted by atomic mass is 9.90. The average molecular weight is 688 g/mol. The van der Waals surface area contributed by atoms with E-state index in [2.05, 4.69) is 26.8 Å². The summed E-state index contributed by atoms with van der Waals surface area (Å²) in [7, 11) is 3.85. The van der Waals surface area contributed by atoms with Crippen LogP contribution in [0.5, 0.6) is 5.88 Å². The summed E-state index contributed by atoms with van der Waals surface area (Å²) in [5, 5.41) is 10.9. The third-order valence-electron chi connectivity index (χ3n) is 9.83. The minimum absolute atomic E-state index is 0.0216. The number of pyridine rings is 2. The highest BCUT2D eigenvalue weighted by Crippen LogP contribution is 2.42. The predicted molar refractivity (Wildman–Crippen MR) is 180 cm³/mol. The molecule has 50 heavy (non-hydrogen) atoms. The zero-order valence-electron chi connectivity index (χ0n) is 27.6. The van der Waals surface area contributed by atoms with E-state index in [1.807, 2.05) is 37.2 Å². The summed E-state index contributed by atoms with van der Waals surface area (Å²) < 4.78 is 52.6. The Morgan fingerprint density at radius 1 is 1.10 bits per heavy atom. The van der Waals surface area contributed by atoms with Crippen molar-refractivity contribution in [3.8, 4) is 17.0 Å². The maximum absolute atomic E-state index is 14.1. The van der Waals surface area contributed by atoms with Crippen LogP contribution >= 0.6 is 0 Å². The number of nitrogens with zero attached hydrogens (tertiary/aromatic N) is 7. The quantitative estimate of drug-likeness (QED) is 0.236. The number of rotatable bonds is 8. The van der Waals surface area contributed by atoms with Crippen LogP contribution in [0.2, 0.25) is 0 Å². The zero-order chi connectivity index (χ0) is 34.7. The van der Waals surface area contributed by atoms with E-state index in [1.165, 1.54) is 4.90 Å². The first-order valence-corrected chi connectivity index (χ1v) is 16.4. The van der Waals surface area contributed by atoms with Crippen molar-refractivity contribution in [3.63, 3.8) is 0 Å². The molecule has 8 rings (SSSR count). The number of halogens is 2. The molecule has 1 spiro atoms. The van der Waals surface area contributed by atoms with Crippen molar-refractivity contribution < 1.29 is 37.3 Å². The molecular formula is C35H35F2N7O6. The van der Waals surface area contributed by atoms with Gasteiger partial charge in [0.15, 0.2) is 17.2 Å². The lowest BCUT2D eigenvalue weighted by molar-refractivity contribution is -0.228. The Hall–Kier alpha value is -5.15. The first kappa shape index (κ1) is 32.1. The molecule has 0 radical (unpaired) electrons. The van der Waals surface area contributed by atoms with E-state index < -0.39 is 36.0 Å². The van der Waals surface area contributed by atoms with Gasteiger partial charge in [-0.1, -0.05) is 12.1 Å². The van der Waals surface area contributed by atoms with Gasteiger partial charge in [-0.25, -0.2) is 33.5 Å². The molecule has 3 aliphatic heterocycles. The highest BCUT2D eigenvalue weighted by Gasteiger charge is 2.50. The molecule has 7 heterocycles. The number of hydrogen-bond acceptors (Lipinski definition) is 12. The minimum Gasteiger partial charge on any atom is -0.480 e. The fourth-order valence-electron chi connectivity index (χ4n) is 7.03. The summed E-state index contributed by atoms with van der Waals surface area (Å²) in [5.74, 6) is -0.772. The van der Waals surface area contributed by atoms with Gasteiger partial charge in [0.25, 0.3) is 6.43 Å². The molecule has 3 saturated heterocycles. The molecule has 1 N–H and O–H groups in total. The zero-order valence-corrected chi connectivity index (χ0v) is 27.6. The van der Waals surface area contributed by atoms with Gasteiger partial charge < -0.3 is 38.4 Å². The molecule has 0 aliphatic carbocycles. The summed E-state index contributed by atoms with van der Waals surface area (Å²) in [6.45, 7) is 4.10. The normalized spacial score (nSPS) is 21.7. The van der Waals surface area contributed by atoms with Crippen LogP contribution in [-0.2, 0) is 14.3 Å². The number of anilines is 3. The molecule has 4 aromatic heterocycles. The Bertz CT molecular complexity index is 2090. The van der Waals surface area contributed by atoms with Crippen LogP contribution < -0.4 is 19.4 Å². The van der Waals surface area contributed by atoms with Gasteiger partial charge in [-0.15, -0.1) is 0 Å². The summed E-state index contributed by atoms with van der Waals surface area (Å²) >= 11 is 0. The minimum atomic E-state index is -2.98. The molecule has 15 heteroatoms. The van der Waals surface area contributed by atoms with Crippen LogP contribution in [0.4, 0.5) is 26.1 Å². The van der Waals surface area contributed by atoms with Gasteiger partial charge in [0.2, 0.25) is 5.88 Å². The van der Waals surface area contributed by atoms with Crippen molar-refractivity contribution in [1.82, 2.24) is 19.9 Å². The van der Waals surface area contributed by atoms with Gasteiger partial charge in [0, 0.05) is 50.4 Å². The average Bonchev–Trinajstić information content (AvgIpc) is 3.69. The van der Waals surface area contributed by atoms with Crippen molar-refractivity contribution in [1.29, 1.82) is 0 Å². The van der Waals surface area contributed by atoms with Gasteiger partial charge in [0.1, 0.15) is 40.4 Å². The molecule has 3 aliphatic rings. The second-order valence-corrected chi connectivity index (χ2v) is 13.1. The Morgan fingerprint density at radius 3 is 2.66 bits per heavy atom. The number of alkyl halides is 2. The maximum Gasteiger partial charge on any atom is 0.326 e. The Labute approximate surface area is 285 Å². The van der Waals surface area contributed by atoms with Gasteiger partial charge in [-0.05, 0) is 42.8 Å².